The summed E-state index contributed by atoms with van der Waals surface area (Å²) in [6.07, 6.45) is -9.80. The number of hydrogen-bond donors (Lipinski definition) is 0. The first-order valence-electron chi connectivity index (χ1n) is 13.5. The molecule has 10 atom stereocenters. The summed E-state index contributed by atoms with van der Waals surface area (Å²) in [5.41, 5.74) is 0.752. The van der Waals surface area contributed by atoms with Gasteiger partial charge in [-0.05, 0) is 0 Å². The van der Waals surface area contributed by atoms with Crippen LogP contribution in [0.4, 0.5) is 0 Å². The quantitative estimate of drug-likeness (QED) is 0.297. The Morgan fingerprint density at radius 3 is 2.10 bits per heavy atom. The molecule has 1 unspecified atom stereocenters. The highest BCUT2D eigenvalue weighted by molar-refractivity contribution is 5.68. The van der Waals surface area contributed by atoms with Crippen LogP contribution in [0.3, 0.4) is 0 Å². The molecule has 232 valence electrons. The maximum atomic E-state index is 12.1. The molecule has 1 aromatic carbocycles. The van der Waals surface area contributed by atoms with E-state index in [1.165, 1.54) is 34.8 Å². The maximum Gasteiger partial charge on any atom is 0.303 e. The van der Waals surface area contributed by atoms with E-state index >= 15 is 0 Å². The average Bonchev–Trinajstić information content (AvgIpc) is 2.93. The molecule has 3 aliphatic rings. The van der Waals surface area contributed by atoms with Gasteiger partial charge in [0.1, 0.15) is 37.1 Å². The van der Waals surface area contributed by atoms with E-state index in [2.05, 4.69) is 0 Å². The van der Waals surface area contributed by atoms with Crippen LogP contribution in [0.2, 0.25) is 0 Å². The van der Waals surface area contributed by atoms with Gasteiger partial charge in [-0.15, -0.1) is 0 Å². The predicted octanol–water partition coefficient (Wildman–Crippen LogP) is 1.33. The van der Waals surface area contributed by atoms with Crippen molar-refractivity contribution >= 4 is 23.9 Å². The van der Waals surface area contributed by atoms with Crippen molar-refractivity contribution in [1.82, 2.24) is 0 Å². The van der Waals surface area contributed by atoms with Crippen LogP contribution < -0.4 is 0 Å². The van der Waals surface area contributed by atoms with Crippen LogP contribution in [0.5, 0.6) is 0 Å². The van der Waals surface area contributed by atoms with Crippen molar-refractivity contribution in [2.45, 2.75) is 95.7 Å². The number of esters is 4. The van der Waals surface area contributed by atoms with Gasteiger partial charge < -0.3 is 47.4 Å². The number of fused-ring (bicyclic) bond motifs is 1. The maximum absolute atomic E-state index is 12.1. The largest absolute Gasteiger partial charge is 0.463 e. The molecule has 0 N–H and O–H groups in total. The SMILES string of the molecule is CO[C@H]1O[C@@H]2COC(c3ccccc3)O[C@H]2[C@H](O[C@@H]2C[C@@H](OC(C)=O)[C@H](OC(C)=O)[C@@H](COC(C)=O)O2)[C@H]1OC(C)=O. The predicted molar refractivity (Wildman–Crippen MR) is 137 cm³/mol. The summed E-state index contributed by atoms with van der Waals surface area (Å²) < 4.78 is 57.9. The number of carbonyl (C=O) groups is 4. The van der Waals surface area contributed by atoms with Crippen molar-refractivity contribution in [2.75, 3.05) is 20.3 Å². The molecular weight excluding hydrogens is 560 g/mol. The highest BCUT2D eigenvalue weighted by Gasteiger charge is 2.54. The molecule has 42 heavy (non-hydrogen) atoms. The molecule has 0 saturated carbocycles. The Labute approximate surface area is 242 Å². The van der Waals surface area contributed by atoms with Crippen molar-refractivity contribution in [2.24, 2.45) is 0 Å². The Morgan fingerprint density at radius 2 is 1.48 bits per heavy atom. The topological polar surface area (TPSA) is 161 Å². The van der Waals surface area contributed by atoms with Crippen molar-refractivity contribution in [3.05, 3.63) is 35.9 Å². The Hall–Kier alpha value is -3.14. The molecule has 1 aromatic rings. The lowest BCUT2D eigenvalue weighted by atomic mass is 9.96. The minimum Gasteiger partial charge on any atom is -0.463 e. The van der Waals surface area contributed by atoms with Gasteiger partial charge in [0.2, 0.25) is 0 Å². The lowest BCUT2D eigenvalue weighted by Crippen LogP contribution is -2.65. The summed E-state index contributed by atoms with van der Waals surface area (Å²) in [6, 6.07) is 9.23. The van der Waals surface area contributed by atoms with Gasteiger partial charge in [-0.2, -0.15) is 0 Å². The van der Waals surface area contributed by atoms with Gasteiger partial charge in [0, 0.05) is 46.8 Å². The van der Waals surface area contributed by atoms with Gasteiger partial charge in [0.05, 0.1) is 6.61 Å². The fourth-order valence-corrected chi connectivity index (χ4v) is 5.15. The van der Waals surface area contributed by atoms with E-state index in [0.29, 0.717) is 0 Å². The van der Waals surface area contributed by atoms with Crippen molar-refractivity contribution in [3.8, 4) is 0 Å². The molecule has 14 nitrogen and oxygen atoms in total. The molecule has 3 aliphatic heterocycles. The van der Waals surface area contributed by atoms with Crippen LogP contribution >= 0.6 is 0 Å². The second-order valence-corrected chi connectivity index (χ2v) is 9.99. The Kier molecular flexibility index (Phi) is 10.9. The number of methoxy groups -OCH3 is 1. The van der Waals surface area contributed by atoms with E-state index < -0.39 is 85.5 Å². The first-order chi connectivity index (χ1) is 20.0. The number of carbonyl (C=O) groups excluding carboxylic acids is 4. The van der Waals surface area contributed by atoms with Gasteiger partial charge in [-0.3, -0.25) is 19.2 Å². The van der Waals surface area contributed by atoms with Gasteiger partial charge in [-0.25, -0.2) is 0 Å². The van der Waals surface area contributed by atoms with E-state index in [1.54, 1.807) is 0 Å². The van der Waals surface area contributed by atoms with E-state index in [1.807, 2.05) is 30.3 Å². The second-order valence-electron chi connectivity index (χ2n) is 9.99. The zero-order valence-corrected chi connectivity index (χ0v) is 24.0. The minimum atomic E-state index is -1.12. The smallest absolute Gasteiger partial charge is 0.303 e. The van der Waals surface area contributed by atoms with Crippen LogP contribution in [-0.4, -0.2) is 99.5 Å². The standard InChI is InChI=1S/C28H36O14/c1-14(29)34-12-20-23(37-16(3)31)19(36-15(2)30)11-22(39-20)41-25-24-21(40-28(33-5)26(25)38-17(4)32)13-35-27(42-24)18-9-7-6-8-10-18/h6-10,19-28H,11-13H2,1-5H3/t19-,20-,21-,22-,23+,24-,25+,26-,27?,28+/m1/s1. The molecule has 3 heterocycles. The van der Waals surface area contributed by atoms with Gasteiger partial charge in [0.15, 0.2) is 31.1 Å². The number of ether oxygens (including phenoxy) is 10. The van der Waals surface area contributed by atoms with E-state index in [9.17, 15) is 19.2 Å². The molecule has 4 rings (SSSR count). The van der Waals surface area contributed by atoms with Crippen LogP contribution in [0.1, 0.15) is 46.0 Å². The summed E-state index contributed by atoms with van der Waals surface area (Å²) in [7, 11) is 1.39. The molecule has 0 aromatic heterocycles. The molecule has 0 aliphatic carbocycles. The molecule has 14 heteroatoms. The van der Waals surface area contributed by atoms with Gasteiger partial charge in [0.25, 0.3) is 0 Å². The van der Waals surface area contributed by atoms with Gasteiger partial charge >= 0.3 is 23.9 Å². The highest BCUT2D eigenvalue weighted by Crippen LogP contribution is 2.38. The van der Waals surface area contributed by atoms with E-state index in [0.717, 1.165) is 5.56 Å². The first kappa shape index (κ1) is 31.8. The molecule has 0 spiro atoms. The Balaban J connectivity index is 1.64. The zero-order chi connectivity index (χ0) is 30.4. The molecule has 0 amide bonds. The molecule has 0 bridgehead atoms. The van der Waals surface area contributed by atoms with Crippen LogP contribution in [0.25, 0.3) is 0 Å². The molecule has 0 radical (unpaired) electrons. The summed E-state index contributed by atoms with van der Waals surface area (Å²) >= 11 is 0. The van der Waals surface area contributed by atoms with Crippen LogP contribution in [0, 0.1) is 0 Å². The summed E-state index contributed by atoms with van der Waals surface area (Å²) in [6.45, 7) is 4.64. The van der Waals surface area contributed by atoms with Crippen molar-refractivity contribution in [3.63, 3.8) is 0 Å². The zero-order valence-electron chi connectivity index (χ0n) is 24.0. The molecule has 3 fully saturated rings. The van der Waals surface area contributed by atoms with Crippen molar-refractivity contribution in [1.29, 1.82) is 0 Å². The van der Waals surface area contributed by atoms with E-state index in [-0.39, 0.29) is 19.6 Å². The lowest BCUT2D eigenvalue weighted by Gasteiger charge is -2.49. The number of benzene rings is 1. The third-order valence-electron chi connectivity index (χ3n) is 6.75. The Morgan fingerprint density at radius 1 is 0.810 bits per heavy atom. The monoisotopic (exact) mass is 596 g/mol. The fourth-order valence-electron chi connectivity index (χ4n) is 5.15. The highest BCUT2D eigenvalue weighted by atomic mass is 16.8. The lowest BCUT2D eigenvalue weighted by molar-refractivity contribution is -0.382. The number of hydrogen-bond acceptors (Lipinski definition) is 14. The van der Waals surface area contributed by atoms with Crippen molar-refractivity contribution < 1.29 is 66.5 Å². The second kappa shape index (κ2) is 14.4. The molecular formula is C28H36O14. The van der Waals surface area contributed by atoms with Crippen LogP contribution in [0.15, 0.2) is 30.3 Å². The first-order valence-corrected chi connectivity index (χ1v) is 13.5. The average molecular weight is 597 g/mol. The number of rotatable bonds is 9. The third kappa shape index (κ3) is 8.02. The van der Waals surface area contributed by atoms with Gasteiger partial charge in [-0.1, -0.05) is 30.3 Å². The summed E-state index contributed by atoms with van der Waals surface area (Å²) in [5, 5.41) is 0. The fraction of sp³-hybridized carbons (Fsp3) is 0.643. The molecule has 3 saturated heterocycles. The third-order valence-corrected chi connectivity index (χ3v) is 6.75. The van der Waals surface area contributed by atoms with Crippen LogP contribution in [-0.2, 0) is 66.5 Å². The summed E-state index contributed by atoms with van der Waals surface area (Å²) in [4.78, 5) is 47.6. The minimum absolute atomic E-state index is 0.0775. The van der Waals surface area contributed by atoms with E-state index in [4.69, 9.17) is 47.4 Å². The normalized spacial score (nSPS) is 34.4. The Bertz CT molecular complexity index is 1100. The summed E-state index contributed by atoms with van der Waals surface area (Å²) in [5.74, 6) is -2.50.